The summed E-state index contributed by atoms with van der Waals surface area (Å²) >= 11 is 0. The molecule has 0 fully saturated rings. The van der Waals surface area contributed by atoms with E-state index in [1.807, 2.05) is 64.1 Å². The number of fused-ring (bicyclic) bond motifs is 3. The number of aryl methyl sites for hydroxylation is 1. The van der Waals surface area contributed by atoms with Crippen LogP contribution < -0.4 is 18.9 Å². The van der Waals surface area contributed by atoms with Crippen LogP contribution in [0.25, 0.3) is 33.8 Å². The Morgan fingerprint density at radius 3 is 2.11 bits per heavy atom. The topological polar surface area (TPSA) is 72.1 Å². The molecule has 7 heteroatoms. The van der Waals surface area contributed by atoms with Crippen LogP contribution in [0, 0.1) is 0 Å². The number of hydrogen-bond donors (Lipinski definition) is 0. The molecule has 0 bridgehead atoms. The molecule has 0 radical (unpaired) electrons. The summed E-state index contributed by atoms with van der Waals surface area (Å²) in [5, 5.41) is 0. The first kappa shape index (κ1) is 25.5. The lowest BCUT2D eigenvalue weighted by atomic mass is 9.91. The molecule has 3 heterocycles. The van der Waals surface area contributed by atoms with Crippen LogP contribution in [0.4, 0.5) is 0 Å². The van der Waals surface area contributed by atoms with Gasteiger partial charge in [0.25, 0.3) is 0 Å². The van der Waals surface area contributed by atoms with Gasteiger partial charge in [0, 0.05) is 17.7 Å². The van der Waals surface area contributed by atoms with Crippen LogP contribution in [0.2, 0.25) is 0 Å². The molecule has 0 amide bonds. The van der Waals surface area contributed by atoms with E-state index in [2.05, 4.69) is 10.6 Å². The van der Waals surface area contributed by atoms with Crippen molar-refractivity contribution in [3.05, 3.63) is 59.9 Å². The molecular formula is C31H33NO6. The lowest BCUT2D eigenvalue weighted by Gasteiger charge is -2.24. The van der Waals surface area contributed by atoms with Crippen molar-refractivity contribution in [1.82, 2.24) is 4.57 Å². The summed E-state index contributed by atoms with van der Waals surface area (Å²) in [6, 6.07) is 13.7. The molecule has 5 rings (SSSR count). The van der Waals surface area contributed by atoms with Gasteiger partial charge in [-0.2, -0.15) is 0 Å². The first-order valence-corrected chi connectivity index (χ1v) is 13.2. The molecular weight excluding hydrogens is 482 g/mol. The number of furan rings is 1. The van der Waals surface area contributed by atoms with E-state index >= 15 is 0 Å². The highest BCUT2D eigenvalue weighted by Gasteiger charge is 2.32. The van der Waals surface area contributed by atoms with Gasteiger partial charge >= 0.3 is 0 Å². The maximum Gasteiger partial charge on any atom is 0.161 e. The highest BCUT2D eigenvalue weighted by atomic mass is 16.5. The van der Waals surface area contributed by atoms with E-state index in [-0.39, 0.29) is 0 Å². The minimum atomic E-state index is 0.496. The van der Waals surface area contributed by atoms with Gasteiger partial charge in [-0.3, -0.25) is 4.79 Å². The number of aldehydes is 1. The van der Waals surface area contributed by atoms with Crippen molar-refractivity contribution in [2.24, 2.45) is 0 Å². The molecule has 0 saturated carbocycles. The quantitative estimate of drug-likeness (QED) is 0.199. The highest BCUT2D eigenvalue weighted by Crippen LogP contribution is 2.49. The fourth-order valence-corrected chi connectivity index (χ4v) is 5.23. The molecule has 7 nitrogen and oxygen atoms in total. The number of ether oxygens (including phenoxy) is 4. The summed E-state index contributed by atoms with van der Waals surface area (Å²) in [5.74, 6) is 3.38. The molecule has 0 spiro atoms. The zero-order chi connectivity index (χ0) is 26.6. The van der Waals surface area contributed by atoms with Crippen LogP contribution in [0.3, 0.4) is 0 Å². The van der Waals surface area contributed by atoms with Crippen molar-refractivity contribution in [2.45, 2.75) is 40.7 Å². The van der Waals surface area contributed by atoms with Gasteiger partial charge in [0.1, 0.15) is 0 Å². The van der Waals surface area contributed by atoms with E-state index < -0.39 is 0 Å². The monoisotopic (exact) mass is 515 g/mol. The molecule has 2 aromatic heterocycles. The Kier molecular flexibility index (Phi) is 7.45. The molecule has 2 aromatic carbocycles. The largest absolute Gasteiger partial charge is 0.490 e. The Morgan fingerprint density at radius 1 is 0.816 bits per heavy atom. The predicted molar refractivity (Wildman–Crippen MR) is 147 cm³/mol. The molecule has 38 heavy (non-hydrogen) atoms. The van der Waals surface area contributed by atoms with Crippen molar-refractivity contribution < 1.29 is 28.2 Å². The van der Waals surface area contributed by atoms with Gasteiger partial charge < -0.3 is 27.9 Å². The van der Waals surface area contributed by atoms with Gasteiger partial charge in [-0.15, -0.1) is 0 Å². The molecule has 198 valence electrons. The van der Waals surface area contributed by atoms with Crippen LogP contribution in [-0.4, -0.2) is 37.3 Å². The summed E-state index contributed by atoms with van der Waals surface area (Å²) in [7, 11) is 0. The van der Waals surface area contributed by atoms with Crippen LogP contribution in [0.5, 0.6) is 23.0 Å². The van der Waals surface area contributed by atoms with Crippen LogP contribution in [-0.2, 0) is 13.0 Å². The number of carbonyl (C=O) groups excluding carboxylic acids is 1. The number of nitrogens with zero attached hydrogens (tertiary/aromatic N) is 1. The zero-order valence-corrected chi connectivity index (χ0v) is 22.3. The number of aromatic nitrogens is 1. The Morgan fingerprint density at radius 2 is 1.47 bits per heavy atom. The summed E-state index contributed by atoms with van der Waals surface area (Å²) < 4.78 is 31.7. The van der Waals surface area contributed by atoms with Gasteiger partial charge in [0.05, 0.1) is 49.6 Å². The minimum Gasteiger partial charge on any atom is -0.490 e. The molecule has 0 atom stereocenters. The second kappa shape index (κ2) is 11.1. The predicted octanol–water partition coefficient (Wildman–Crippen LogP) is 7.05. The van der Waals surface area contributed by atoms with E-state index in [0.29, 0.717) is 61.5 Å². The Balaban J connectivity index is 1.82. The van der Waals surface area contributed by atoms with Gasteiger partial charge in [-0.05, 0) is 81.6 Å². The summed E-state index contributed by atoms with van der Waals surface area (Å²) in [5.41, 5.74) is 6.10. The van der Waals surface area contributed by atoms with Crippen molar-refractivity contribution >= 4 is 6.29 Å². The Hall–Kier alpha value is -4.13. The standard InChI is InChI=1S/C31H33NO6/c1-5-34-24-12-11-21(17-26(24)35-6-2)29-23(19-33)30(25-10-9-15-38-25)32-14-13-20-16-27(36-7-3)28(37-8-4)18-22(20)31(29)32/h9-12,15-19H,5-8,13-14H2,1-4H3. The van der Waals surface area contributed by atoms with Gasteiger partial charge in [-0.25, -0.2) is 0 Å². The van der Waals surface area contributed by atoms with Crippen molar-refractivity contribution in [3.63, 3.8) is 0 Å². The summed E-state index contributed by atoms with van der Waals surface area (Å²) in [6.07, 6.45) is 3.33. The summed E-state index contributed by atoms with van der Waals surface area (Å²) in [4.78, 5) is 12.8. The lowest BCUT2D eigenvalue weighted by Crippen LogP contribution is -2.13. The van der Waals surface area contributed by atoms with E-state index in [1.165, 1.54) is 0 Å². The fraction of sp³-hybridized carbons (Fsp3) is 0.323. The maximum atomic E-state index is 12.8. The van der Waals surface area contributed by atoms with E-state index in [9.17, 15) is 4.79 Å². The number of hydrogen-bond acceptors (Lipinski definition) is 6. The molecule has 0 unspecified atom stereocenters. The molecule has 0 N–H and O–H groups in total. The third kappa shape index (κ3) is 4.42. The normalized spacial score (nSPS) is 12.0. The molecule has 0 saturated heterocycles. The summed E-state index contributed by atoms with van der Waals surface area (Å²) in [6.45, 7) is 10.6. The van der Waals surface area contributed by atoms with E-state index in [4.69, 9.17) is 23.4 Å². The lowest BCUT2D eigenvalue weighted by molar-refractivity contribution is 0.112. The first-order chi connectivity index (χ1) is 18.6. The van der Waals surface area contributed by atoms with Crippen LogP contribution >= 0.6 is 0 Å². The third-order valence-electron chi connectivity index (χ3n) is 6.63. The SMILES string of the molecule is CCOc1ccc(-c2c(C=O)c(-c3ccco3)n3c2-c2cc(OCC)c(OCC)cc2CC3)cc1OCC. The Bertz CT molecular complexity index is 1430. The second-order valence-electron chi connectivity index (χ2n) is 8.83. The van der Waals surface area contributed by atoms with Crippen molar-refractivity contribution in [2.75, 3.05) is 26.4 Å². The smallest absolute Gasteiger partial charge is 0.161 e. The van der Waals surface area contributed by atoms with Gasteiger partial charge in [-0.1, -0.05) is 6.07 Å². The van der Waals surface area contributed by atoms with Crippen LogP contribution in [0.1, 0.15) is 43.6 Å². The van der Waals surface area contributed by atoms with E-state index in [0.717, 1.165) is 52.1 Å². The maximum absolute atomic E-state index is 12.8. The average Bonchev–Trinajstić information content (AvgIpc) is 3.56. The fourth-order valence-electron chi connectivity index (χ4n) is 5.23. The molecule has 0 aliphatic carbocycles. The zero-order valence-electron chi connectivity index (χ0n) is 22.3. The third-order valence-corrected chi connectivity index (χ3v) is 6.63. The molecule has 1 aliphatic heterocycles. The van der Waals surface area contributed by atoms with Gasteiger partial charge in [0.15, 0.2) is 35.0 Å². The number of rotatable bonds is 11. The van der Waals surface area contributed by atoms with Crippen molar-refractivity contribution in [3.8, 4) is 56.8 Å². The second-order valence-corrected chi connectivity index (χ2v) is 8.83. The van der Waals surface area contributed by atoms with Crippen LogP contribution in [0.15, 0.2) is 53.1 Å². The average molecular weight is 516 g/mol. The minimum absolute atomic E-state index is 0.496. The highest BCUT2D eigenvalue weighted by molar-refractivity contribution is 6.03. The first-order valence-electron chi connectivity index (χ1n) is 13.2. The van der Waals surface area contributed by atoms with Crippen molar-refractivity contribution in [1.29, 1.82) is 0 Å². The Labute approximate surface area is 222 Å². The number of carbonyl (C=O) groups is 1. The van der Waals surface area contributed by atoms with E-state index in [1.54, 1.807) is 6.26 Å². The molecule has 4 aromatic rings. The number of benzene rings is 2. The molecule has 1 aliphatic rings. The van der Waals surface area contributed by atoms with Gasteiger partial charge in [0.2, 0.25) is 0 Å².